The van der Waals surface area contributed by atoms with Crippen LogP contribution in [-0.2, 0) is 14.6 Å². The third-order valence-corrected chi connectivity index (χ3v) is 5.86. The molecule has 2 atom stereocenters. The molecule has 1 aromatic rings. The van der Waals surface area contributed by atoms with Crippen molar-refractivity contribution in [3.63, 3.8) is 0 Å². The van der Waals surface area contributed by atoms with Crippen LogP contribution in [0.25, 0.3) is 0 Å². The number of amides is 1. The van der Waals surface area contributed by atoms with Crippen LogP contribution >= 0.6 is 0 Å². The second-order valence-corrected chi connectivity index (χ2v) is 8.59. The van der Waals surface area contributed by atoms with Crippen molar-refractivity contribution in [1.29, 1.82) is 0 Å². The molecule has 2 rings (SSSR count). The molecule has 1 aliphatic heterocycles. The first kappa shape index (κ1) is 17.9. The monoisotopic (exact) mass is 338 g/mol. The summed E-state index contributed by atoms with van der Waals surface area (Å²) in [5.74, 6) is 0.654. The number of carbonyl (C=O) groups excluding carboxylic acids is 1. The minimum Gasteiger partial charge on any atom is -0.343 e. The summed E-state index contributed by atoms with van der Waals surface area (Å²) in [6, 6.07) is 7.31. The minimum absolute atomic E-state index is 0.152. The highest BCUT2D eigenvalue weighted by Crippen LogP contribution is 2.24. The number of carbonyl (C=O) groups is 1. The third-order valence-electron chi connectivity index (χ3n) is 4.73. The zero-order valence-corrected chi connectivity index (χ0v) is 15.1. The van der Waals surface area contributed by atoms with Gasteiger partial charge in [-0.25, -0.2) is 8.42 Å². The van der Waals surface area contributed by atoms with Crippen LogP contribution in [-0.4, -0.2) is 57.1 Å². The quantitative estimate of drug-likeness (QED) is 0.823. The maximum atomic E-state index is 11.5. The van der Waals surface area contributed by atoms with E-state index in [0.29, 0.717) is 10.8 Å². The Balaban J connectivity index is 1.97. The van der Waals surface area contributed by atoms with Gasteiger partial charge in [0, 0.05) is 38.9 Å². The van der Waals surface area contributed by atoms with E-state index in [-0.39, 0.29) is 11.9 Å². The Hall–Kier alpha value is -1.40. The lowest BCUT2D eigenvalue weighted by Crippen LogP contribution is -2.31. The van der Waals surface area contributed by atoms with Gasteiger partial charge in [0.25, 0.3) is 0 Å². The highest BCUT2D eigenvalue weighted by molar-refractivity contribution is 7.90. The van der Waals surface area contributed by atoms with E-state index < -0.39 is 9.84 Å². The molecule has 1 aromatic carbocycles. The molecule has 0 N–H and O–H groups in total. The van der Waals surface area contributed by atoms with E-state index in [9.17, 15) is 13.2 Å². The number of sulfone groups is 1. The summed E-state index contributed by atoms with van der Waals surface area (Å²) in [6.45, 7) is 6.36. The molecule has 6 heteroatoms. The zero-order chi connectivity index (χ0) is 17.2. The molecular weight excluding hydrogens is 312 g/mol. The highest BCUT2D eigenvalue weighted by atomic mass is 32.2. The molecule has 0 aliphatic carbocycles. The Labute approximate surface area is 139 Å². The fourth-order valence-electron chi connectivity index (χ4n) is 3.08. The second kappa shape index (κ2) is 7.01. The molecular formula is C17H26N2O3S. The summed E-state index contributed by atoms with van der Waals surface area (Å²) in [4.78, 5) is 15.9. The van der Waals surface area contributed by atoms with Gasteiger partial charge in [-0.15, -0.1) is 0 Å². The number of likely N-dealkylation sites (tertiary alicyclic amines) is 1. The van der Waals surface area contributed by atoms with Gasteiger partial charge in [0.05, 0.1) is 4.90 Å². The Morgan fingerprint density at radius 1 is 1.35 bits per heavy atom. The van der Waals surface area contributed by atoms with Crippen LogP contribution in [0.1, 0.15) is 31.9 Å². The second-order valence-electron chi connectivity index (χ2n) is 6.58. The van der Waals surface area contributed by atoms with Crippen LogP contribution in [0.2, 0.25) is 0 Å². The predicted molar refractivity (Wildman–Crippen MR) is 91.0 cm³/mol. The smallest absolute Gasteiger partial charge is 0.219 e. The topological polar surface area (TPSA) is 57.7 Å². The molecule has 0 aromatic heterocycles. The van der Waals surface area contributed by atoms with E-state index in [1.807, 2.05) is 17.0 Å². The number of rotatable bonds is 5. The zero-order valence-electron chi connectivity index (χ0n) is 14.3. The largest absolute Gasteiger partial charge is 0.343 e. The van der Waals surface area contributed by atoms with Gasteiger partial charge in [-0.3, -0.25) is 9.69 Å². The molecule has 1 amide bonds. The molecule has 1 fully saturated rings. The lowest BCUT2D eigenvalue weighted by molar-refractivity contribution is -0.127. The van der Waals surface area contributed by atoms with Gasteiger partial charge in [0.1, 0.15) is 0 Å². The van der Waals surface area contributed by atoms with Gasteiger partial charge < -0.3 is 4.90 Å². The molecule has 128 valence electrons. The van der Waals surface area contributed by atoms with Crippen molar-refractivity contribution in [2.24, 2.45) is 5.92 Å². The normalized spacial score (nSPS) is 20.0. The lowest BCUT2D eigenvalue weighted by atomic mass is 10.0. The Morgan fingerprint density at radius 3 is 2.43 bits per heavy atom. The SMILES string of the molecule is CC(=O)N1CC[C@@H](CN(C)[C@H](C)c2ccc(S(C)(=O)=O)cc2)C1. The van der Waals surface area contributed by atoms with Crippen LogP contribution in [0.5, 0.6) is 0 Å². The van der Waals surface area contributed by atoms with Crippen molar-refractivity contribution in [3.8, 4) is 0 Å². The van der Waals surface area contributed by atoms with Gasteiger partial charge in [-0.05, 0) is 44.0 Å². The number of hydrogen-bond donors (Lipinski definition) is 0. The molecule has 0 unspecified atom stereocenters. The van der Waals surface area contributed by atoms with Gasteiger partial charge >= 0.3 is 0 Å². The first-order valence-corrected chi connectivity index (χ1v) is 9.83. The van der Waals surface area contributed by atoms with Crippen molar-refractivity contribution in [1.82, 2.24) is 9.80 Å². The molecule has 0 saturated carbocycles. The van der Waals surface area contributed by atoms with Gasteiger partial charge in [0.15, 0.2) is 9.84 Å². The highest BCUT2D eigenvalue weighted by Gasteiger charge is 2.26. The van der Waals surface area contributed by atoms with Crippen molar-refractivity contribution in [2.75, 3.05) is 32.9 Å². The first-order valence-electron chi connectivity index (χ1n) is 7.94. The van der Waals surface area contributed by atoms with Crippen molar-refractivity contribution < 1.29 is 13.2 Å². The van der Waals surface area contributed by atoms with Crippen molar-refractivity contribution in [3.05, 3.63) is 29.8 Å². The predicted octanol–water partition coefficient (Wildman–Crippen LogP) is 1.95. The average molecular weight is 338 g/mol. The standard InChI is InChI=1S/C17H26N2O3S/c1-13(16-5-7-17(8-6-16)23(4,21)22)18(3)11-15-9-10-19(12-15)14(2)20/h5-8,13,15H,9-12H2,1-4H3/t13-,15+/m1/s1. The van der Waals surface area contributed by atoms with Crippen LogP contribution in [0.15, 0.2) is 29.2 Å². The van der Waals surface area contributed by atoms with Gasteiger partial charge in [-0.2, -0.15) is 0 Å². The van der Waals surface area contributed by atoms with Crippen LogP contribution in [0.4, 0.5) is 0 Å². The van der Waals surface area contributed by atoms with E-state index in [0.717, 1.165) is 31.6 Å². The summed E-state index contributed by atoms with van der Waals surface area (Å²) >= 11 is 0. The van der Waals surface area contributed by atoms with E-state index >= 15 is 0 Å². The Bertz CT molecular complexity index is 655. The Morgan fingerprint density at radius 2 is 1.96 bits per heavy atom. The lowest BCUT2D eigenvalue weighted by Gasteiger charge is -2.28. The van der Waals surface area contributed by atoms with Gasteiger partial charge in [-0.1, -0.05) is 12.1 Å². The molecule has 1 aliphatic rings. The van der Waals surface area contributed by atoms with Crippen molar-refractivity contribution in [2.45, 2.75) is 31.2 Å². The summed E-state index contributed by atoms with van der Waals surface area (Å²) < 4.78 is 23.0. The summed E-state index contributed by atoms with van der Waals surface area (Å²) in [7, 11) is -1.07. The van der Waals surface area contributed by atoms with E-state index in [4.69, 9.17) is 0 Å². The molecule has 5 nitrogen and oxygen atoms in total. The van der Waals surface area contributed by atoms with Crippen molar-refractivity contribution >= 4 is 15.7 Å². The molecule has 0 spiro atoms. The molecule has 0 bridgehead atoms. The fraction of sp³-hybridized carbons (Fsp3) is 0.588. The summed E-state index contributed by atoms with van der Waals surface area (Å²) in [5.41, 5.74) is 1.10. The minimum atomic E-state index is -3.15. The van der Waals surface area contributed by atoms with Gasteiger partial charge in [0.2, 0.25) is 5.91 Å². The van der Waals surface area contributed by atoms with E-state index in [1.165, 1.54) is 6.26 Å². The van der Waals surface area contributed by atoms with Crippen LogP contribution in [0.3, 0.4) is 0 Å². The number of benzene rings is 1. The maximum Gasteiger partial charge on any atom is 0.219 e. The maximum absolute atomic E-state index is 11.5. The molecule has 1 heterocycles. The van der Waals surface area contributed by atoms with E-state index in [1.54, 1.807) is 19.1 Å². The number of nitrogens with zero attached hydrogens (tertiary/aromatic N) is 2. The van der Waals surface area contributed by atoms with E-state index in [2.05, 4.69) is 18.9 Å². The van der Waals surface area contributed by atoms with Crippen LogP contribution < -0.4 is 0 Å². The average Bonchev–Trinajstić information content (AvgIpc) is 2.94. The van der Waals surface area contributed by atoms with Crippen LogP contribution in [0, 0.1) is 5.92 Å². The number of hydrogen-bond acceptors (Lipinski definition) is 4. The molecule has 1 saturated heterocycles. The molecule has 0 radical (unpaired) electrons. The Kier molecular flexibility index (Phi) is 5.47. The first-order chi connectivity index (χ1) is 10.7. The summed E-state index contributed by atoms with van der Waals surface area (Å²) in [6.07, 6.45) is 2.27. The fourth-order valence-corrected chi connectivity index (χ4v) is 3.71. The third kappa shape index (κ3) is 4.54. The summed E-state index contributed by atoms with van der Waals surface area (Å²) in [5, 5.41) is 0. The molecule has 23 heavy (non-hydrogen) atoms.